The van der Waals surface area contributed by atoms with Gasteiger partial charge >= 0.3 is 0 Å². The molecule has 2 unspecified atom stereocenters. The minimum atomic E-state index is -0.148. The number of hydrogen-bond donors (Lipinski definition) is 1. The summed E-state index contributed by atoms with van der Waals surface area (Å²) in [6, 6.07) is 9.71. The number of benzene rings is 1. The fourth-order valence-electron chi connectivity index (χ4n) is 2.58. The maximum absolute atomic E-state index is 9.24. The van der Waals surface area contributed by atoms with Crippen molar-refractivity contribution in [3.63, 3.8) is 0 Å². The summed E-state index contributed by atoms with van der Waals surface area (Å²) in [5, 5.41) is 17.4. The van der Waals surface area contributed by atoms with Crippen LogP contribution in [0.3, 0.4) is 0 Å². The molecular formula is C15H19N3O3. The van der Waals surface area contributed by atoms with Gasteiger partial charge in [0, 0.05) is 18.7 Å². The van der Waals surface area contributed by atoms with Crippen LogP contribution in [0, 0.1) is 0 Å². The van der Waals surface area contributed by atoms with Crippen molar-refractivity contribution in [1.29, 1.82) is 0 Å². The van der Waals surface area contributed by atoms with Gasteiger partial charge in [0.05, 0.1) is 25.4 Å². The average Bonchev–Trinajstić information content (AvgIpc) is 2.96. The summed E-state index contributed by atoms with van der Waals surface area (Å²) in [6.45, 7) is 4.06. The highest BCUT2D eigenvalue weighted by molar-refractivity contribution is 5.51. The quantitative estimate of drug-likeness (QED) is 0.915. The summed E-state index contributed by atoms with van der Waals surface area (Å²) in [7, 11) is 0. The molecule has 2 atom stereocenters. The summed E-state index contributed by atoms with van der Waals surface area (Å²) < 4.78 is 11.3. The fraction of sp³-hybridized carbons (Fsp3) is 0.467. The molecule has 0 radical (unpaired) electrons. The van der Waals surface area contributed by atoms with E-state index in [2.05, 4.69) is 15.1 Å². The molecule has 21 heavy (non-hydrogen) atoms. The summed E-state index contributed by atoms with van der Waals surface area (Å²) in [6.07, 6.45) is -0.0577. The lowest BCUT2D eigenvalue weighted by atomic mass is 10.2. The Bertz CT molecular complexity index is 573. The molecule has 6 heteroatoms. The summed E-state index contributed by atoms with van der Waals surface area (Å²) in [5.74, 6) is 1.12. The van der Waals surface area contributed by atoms with Crippen LogP contribution in [0.2, 0.25) is 0 Å². The first-order valence-corrected chi connectivity index (χ1v) is 7.11. The van der Waals surface area contributed by atoms with Gasteiger partial charge in [-0.3, -0.25) is 4.90 Å². The highest BCUT2D eigenvalue weighted by Gasteiger charge is 2.26. The number of rotatable bonds is 4. The molecule has 1 fully saturated rings. The topological polar surface area (TPSA) is 71.6 Å². The standard InChI is InChI=1S/C15H19N3O3/c1-11-7-18(8-13(10-19)20-11)9-14-16-17-15(21-14)12-5-3-2-4-6-12/h2-6,11,13,19H,7-10H2,1H3. The summed E-state index contributed by atoms with van der Waals surface area (Å²) in [4.78, 5) is 2.16. The molecule has 1 aliphatic rings. The van der Waals surface area contributed by atoms with Crippen LogP contribution in [0.5, 0.6) is 0 Å². The molecule has 0 spiro atoms. The van der Waals surface area contributed by atoms with Crippen LogP contribution in [0.1, 0.15) is 12.8 Å². The number of aromatic nitrogens is 2. The Morgan fingerprint density at radius 3 is 2.81 bits per heavy atom. The summed E-state index contributed by atoms with van der Waals surface area (Å²) >= 11 is 0. The Kier molecular flexibility index (Phi) is 4.28. The fourth-order valence-corrected chi connectivity index (χ4v) is 2.58. The molecule has 6 nitrogen and oxygen atoms in total. The van der Waals surface area contributed by atoms with Gasteiger partial charge in [0.2, 0.25) is 11.8 Å². The van der Waals surface area contributed by atoms with Crippen LogP contribution < -0.4 is 0 Å². The van der Waals surface area contributed by atoms with E-state index in [0.29, 0.717) is 24.9 Å². The van der Waals surface area contributed by atoms with E-state index in [1.165, 1.54) is 0 Å². The van der Waals surface area contributed by atoms with Gasteiger partial charge in [0.15, 0.2) is 0 Å². The van der Waals surface area contributed by atoms with Crippen molar-refractivity contribution in [3.05, 3.63) is 36.2 Å². The predicted octanol–water partition coefficient (Wildman–Crippen LogP) is 1.32. The second-order valence-corrected chi connectivity index (χ2v) is 5.31. The van der Waals surface area contributed by atoms with Gasteiger partial charge in [-0.15, -0.1) is 10.2 Å². The largest absolute Gasteiger partial charge is 0.419 e. The molecule has 2 heterocycles. The first-order chi connectivity index (χ1) is 10.2. The molecule has 1 aromatic carbocycles. The predicted molar refractivity (Wildman–Crippen MR) is 76.4 cm³/mol. The lowest BCUT2D eigenvalue weighted by molar-refractivity contribution is -0.0985. The van der Waals surface area contributed by atoms with Crippen LogP contribution >= 0.6 is 0 Å². The highest BCUT2D eigenvalue weighted by atomic mass is 16.5. The van der Waals surface area contributed by atoms with E-state index in [4.69, 9.17) is 9.15 Å². The van der Waals surface area contributed by atoms with Crippen molar-refractivity contribution in [2.45, 2.75) is 25.7 Å². The Morgan fingerprint density at radius 2 is 2.05 bits per heavy atom. The second-order valence-electron chi connectivity index (χ2n) is 5.31. The van der Waals surface area contributed by atoms with Gasteiger partial charge in [0.1, 0.15) is 0 Å². The van der Waals surface area contributed by atoms with Crippen LogP contribution in [0.15, 0.2) is 34.7 Å². The van der Waals surface area contributed by atoms with E-state index in [9.17, 15) is 5.11 Å². The Balaban J connectivity index is 1.67. The normalized spacial score (nSPS) is 23.3. The maximum Gasteiger partial charge on any atom is 0.247 e. The number of morpholine rings is 1. The molecule has 2 aromatic rings. The smallest absolute Gasteiger partial charge is 0.247 e. The minimum Gasteiger partial charge on any atom is -0.419 e. The zero-order valence-electron chi connectivity index (χ0n) is 12.0. The Labute approximate surface area is 123 Å². The third kappa shape index (κ3) is 3.47. The molecule has 0 amide bonds. The van der Waals surface area contributed by atoms with Gasteiger partial charge in [-0.05, 0) is 19.1 Å². The molecule has 0 aliphatic carbocycles. The molecule has 0 bridgehead atoms. The van der Waals surface area contributed by atoms with Crippen molar-refractivity contribution in [2.75, 3.05) is 19.7 Å². The number of aliphatic hydroxyl groups excluding tert-OH is 1. The van der Waals surface area contributed by atoms with Crippen molar-refractivity contribution in [2.24, 2.45) is 0 Å². The number of nitrogens with zero attached hydrogens (tertiary/aromatic N) is 3. The first kappa shape index (κ1) is 14.2. The molecule has 1 aromatic heterocycles. The van der Waals surface area contributed by atoms with E-state index >= 15 is 0 Å². The first-order valence-electron chi connectivity index (χ1n) is 7.11. The van der Waals surface area contributed by atoms with Gasteiger partial charge in [0.25, 0.3) is 0 Å². The van der Waals surface area contributed by atoms with Crippen molar-refractivity contribution >= 4 is 0 Å². The van der Waals surface area contributed by atoms with Crippen molar-refractivity contribution in [1.82, 2.24) is 15.1 Å². The zero-order chi connectivity index (χ0) is 14.7. The highest BCUT2D eigenvalue weighted by Crippen LogP contribution is 2.19. The zero-order valence-corrected chi connectivity index (χ0v) is 12.0. The van der Waals surface area contributed by atoms with E-state index in [0.717, 1.165) is 12.1 Å². The molecule has 112 valence electrons. The van der Waals surface area contributed by atoms with Crippen molar-refractivity contribution in [3.8, 4) is 11.5 Å². The van der Waals surface area contributed by atoms with E-state index in [-0.39, 0.29) is 18.8 Å². The third-order valence-electron chi connectivity index (χ3n) is 3.45. The van der Waals surface area contributed by atoms with E-state index in [1.54, 1.807) is 0 Å². The minimum absolute atomic E-state index is 0.0277. The number of hydrogen-bond acceptors (Lipinski definition) is 6. The molecule has 1 N–H and O–H groups in total. The Morgan fingerprint density at radius 1 is 1.24 bits per heavy atom. The molecule has 0 saturated carbocycles. The number of aliphatic hydroxyl groups is 1. The average molecular weight is 289 g/mol. The van der Waals surface area contributed by atoms with Gasteiger partial charge < -0.3 is 14.3 Å². The number of ether oxygens (including phenoxy) is 1. The molecule has 1 aliphatic heterocycles. The van der Waals surface area contributed by atoms with Crippen molar-refractivity contribution < 1.29 is 14.3 Å². The third-order valence-corrected chi connectivity index (χ3v) is 3.45. The van der Waals surface area contributed by atoms with E-state index in [1.807, 2.05) is 37.3 Å². The lowest BCUT2D eigenvalue weighted by Gasteiger charge is -2.35. The second kappa shape index (κ2) is 6.34. The van der Waals surface area contributed by atoms with E-state index < -0.39 is 0 Å². The van der Waals surface area contributed by atoms with Crippen LogP contribution in [-0.2, 0) is 11.3 Å². The molecular weight excluding hydrogens is 270 g/mol. The van der Waals surface area contributed by atoms with Gasteiger partial charge in [-0.25, -0.2) is 0 Å². The van der Waals surface area contributed by atoms with Crippen LogP contribution in [-0.4, -0.2) is 52.1 Å². The SMILES string of the molecule is CC1CN(Cc2nnc(-c3ccccc3)o2)CC(CO)O1. The van der Waals surface area contributed by atoms with Crippen LogP contribution in [0.25, 0.3) is 11.5 Å². The van der Waals surface area contributed by atoms with Gasteiger partial charge in [-0.2, -0.15) is 0 Å². The van der Waals surface area contributed by atoms with Gasteiger partial charge in [-0.1, -0.05) is 18.2 Å². The maximum atomic E-state index is 9.24. The summed E-state index contributed by atoms with van der Waals surface area (Å²) in [5.41, 5.74) is 0.917. The monoisotopic (exact) mass is 289 g/mol. The molecule has 1 saturated heterocycles. The van der Waals surface area contributed by atoms with Crippen LogP contribution in [0.4, 0.5) is 0 Å². The Hall–Kier alpha value is -1.76. The lowest BCUT2D eigenvalue weighted by Crippen LogP contribution is -2.47. The molecule has 3 rings (SSSR count).